The normalized spacial score (nSPS) is 20.9. The minimum atomic E-state index is -1.12. The summed E-state index contributed by atoms with van der Waals surface area (Å²) >= 11 is 0. The van der Waals surface area contributed by atoms with Crippen molar-refractivity contribution in [2.24, 2.45) is 17.6 Å². The lowest BCUT2D eigenvalue weighted by Gasteiger charge is -2.43. The number of rotatable bonds is 7. The van der Waals surface area contributed by atoms with Crippen molar-refractivity contribution in [3.63, 3.8) is 0 Å². The molecule has 1 aliphatic carbocycles. The molecular formula is C30H38FN5O2. The maximum absolute atomic E-state index is 14.3. The number of nitrogens with zero attached hydrogens (tertiary/aromatic N) is 3. The molecule has 2 fully saturated rings. The van der Waals surface area contributed by atoms with Crippen LogP contribution < -0.4 is 11.1 Å². The van der Waals surface area contributed by atoms with E-state index in [1.807, 2.05) is 34.7 Å². The number of benzene rings is 1. The highest BCUT2D eigenvalue weighted by Crippen LogP contribution is 2.41. The summed E-state index contributed by atoms with van der Waals surface area (Å²) in [6.07, 6.45) is 10.6. The third-order valence-electron chi connectivity index (χ3n) is 8.94. The molecule has 1 aliphatic heterocycles. The fraction of sp³-hybridized carbons (Fsp3) is 0.500. The van der Waals surface area contributed by atoms with Gasteiger partial charge in [0.2, 0.25) is 11.8 Å². The van der Waals surface area contributed by atoms with Gasteiger partial charge in [-0.3, -0.25) is 9.59 Å². The Kier molecular flexibility index (Phi) is 7.27. The Morgan fingerprint density at radius 2 is 1.89 bits per heavy atom. The van der Waals surface area contributed by atoms with Gasteiger partial charge in [-0.05, 0) is 94.0 Å². The summed E-state index contributed by atoms with van der Waals surface area (Å²) in [5, 5.41) is 3.98. The maximum Gasteiger partial charge on any atom is 0.238 e. The zero-order valence-corrected chi connectivity index (χ0v) is 22.5. The molecule has 3 heterocycles. The van der Waals surface area contributed by atoms with Gasteiger partial charge >= 0.3 is 0 Å². The third kappa shape index (κ3) is 4.59. The van der Waals surface area contributed by atoms with E-state index in [1.165, 1.54) is 6.07 Å². The summed E-state index contributed by atoms with van der Waals surface area (Å²) < 4.78 is 15.9. The van der Waals surface area contributed by atoms with Crippen molar-refractivity contribution >= 4 is 22.7 Å². The number of primary amides is 1. The summed E-state index contributed by atoms with van der Waals surface area (Å²) in [4.78, 5) is 33.6. The first kappa shape index (κ1) is 26.4. The van der Waals surface area contributed by atoms with Crippen molar-refractivity contribution < 1.29 is 14.0 Å². The van der Waals surface area contributed by atoms with Crippen molar-refractivity contribution in [3.8, 4) is 5.82 Å². The van der Waals surface area contributed by atoms with Gasteiger partial charge in [-0.25, -0.2) is 9.37 Å². The third-order valence-corrected chi connectivity index (χ3v) is 8.94. The number of amides is 2. The molecule has 3 N–H and O–H groups in total. The Morgan fingerprint density at radius 1 is 1.13 bits per heavy atom. The van der Waals surface area contributed by atoms with E-state index in [-0.39, 0.29) is 23.7 Å². The SMILES string of the molecule is CNC(C)(C(N)=O)[C@@H](C(=O)N1CCC[C@H]1c1ccnc(-n2cc(C)c3cc(F)ccc32)c1)C1CCCCC1. The number of hydrogen-bond donors (Lipinski definition) is 2. The van der Waals surface area contributed by atoms with Gasteiger partial charge < -0.3 is 20.5 Å². The Balaban J connectivity index is 1.50. The molecule has 5 rings (SSSR count). The first-order valence-electron chi connectivity index (χ1n) is 13.8. The number of carbonyl (C=O) groups is 2. The second-order valence-electron chi connectivity index (χ2n) is 11.2. The predicted molar refractivity (Wildman–Crippen MR) is 146 cm³/mol. The van der Waals surface area contributed by atoms with Crippen LogP contribution in [0, 0.1) is 24.6 Å². The van der Waals surface area contributed by atoms with Crippen LogP contribution in [-0.4, -0.2) is 45.4 Å². The number of likely N-dealkylation sites (N-methyl/N-ethyl adjacent to an activating group) is 1. The van der Waals surface area contributed by atoms with Crippen molar-refractivity contribution in [2.45, 2.75) is 70.4 Å². The monoisotopic (exact) mass is 519 g/mol. The second-order valence-corrected chi connectivity index (χ2v) is 11.2. The van der Waals surface area contributed by atoms with E-state index >= 15 is 0 Å². The van der Waals surface area contributed by atoms with Crippen LogP contribution in [0.25, 0.3) is 16.7 Å². The van der Waals surface area contributed by atoms with E-state index < -0.39 is 17.4 Å². The highest BCUT2D eigenvalue weighted by molar-refractivity contribution is 5.93. The fourth-order valence-corrected chi connectivity index (χ4v) is 6.70. The standard InChI is InChI=1S/C30H38FN5O2/c1-19-18-36(25-12-11-22(31)17-23(19)25)26-16-21(13-14-34-26)24-10-7-15-35(24)28(37)27(20-8-5-4-6-9-20)30(2,33-3)29(32)38/h11-14,16-18,20,24,27,33H,4-10,15H2,1-3H3,(H2,32,38)/t24-,27+,30?/m0/s1. The van der Waals surface area contributed by atoms with E-state index in [9.17, 15) is 14.0 Å². The molecule has 0 radical (unpaired) electrons. The van der Waals surface area contributed by atoms with Crippen molar-refractivity contribution in [3.05, 3.63) is 59.7 Å². The van der Waals surface area contributed by atoms with Crippen LogP contribution in [0.3, 0.4) is 0 Å². The van der Waals surface area contributed by atoms with Crippen LogP contribution in [0.4, 0.5) is 4.39 Å². The van der Waals surface area contributed by atoms with E-state index in [0.717, 1.165) is 72.8 Å². The molecule has 2 amide bonds. The molecule has 0 bridgehead atoms. The summed E-state index contributed by atoms with van der Waals surface area (Å²) in [5.41, 5.74) is 7.65. The number of carbonyl (C=O) groups excluding carboxylic acids is 2. The number of aryl methyl sites for hydroxylation is 1. The number of hydrogen-bond acceptors (Lipinski definition) is 4. The maximum atomic E-state index is 14.3. The molecule has 7 nitrogen and oxygen atoms in total. The highest BCUT2D eigenvalue weighted by atomic mass is 19.1. The van der Waals surface area contributed by atoms with Crippen molar-refractivity contribution in [2.75, 3.05) is 13.6 Å². The lowest BCUT2D eigenvalue weighted by atomic mass is 9.69. The topological polar surface area (TPSA) is 93.2 Å². The zero-order valence-electron chi connectivity index (χ0n) is 22.5. The largest absolute Gasteiger partial charge is 0.368 e. The van der Waals surface area contributed by atoms with Crippen LogP contribution >= 0.6 is 0 Å². The molecular weight excluding hydrogens is 481 g/mol. The number of nitrogens with two attached hydrogens (primary N) is 1. The molecule has 202 valence electrons. The Hall–Kier alpha value is -3.26. The predicted octanol–water partition coefficient (Wildman–Crippen LogP) is 4.80. The minimum absolute atomic E-state index is 0.00569. The van der Waals surface area contributed by atoms with Gasteiger partial charge in [0.15, 0.2) is 0 Å². The molecule has 1 unspecified atom stereocenters. The van der Waals surface area contributed by atoms with Crippen molar-refractivity contribution in [1.29, 1.82) is 0 Å². The van der Waals surface area contributed by atoms with Gasteiger partial charge in [0.25, 0.3) is 0 Å². The summed E-state index contributed by atoms with van der Waals surface area (Å²) in [5.74, 6) is -0.420. The van der Waals surface area contributed by atoms with Gasteiger partial charge in [0.1, 0.15) is 17.2 Å². The van der Waals surface area contributed by atoms with Gasteiger partial charge in [-0.1, -0.05) is 19.3 Å². The molecule has 1 saturated carbocycles. The van der Waals surface area contributed by atoms with E-state index in [1.54, 1.807) is 32.3 Å². The molecule has 1 aromatic carbocycles. The molecule has 8 heteroatoms. The number of fused-ring (bicyclic) bond motifs is 1. The molecule has 3 aromatic rings. The summed E-state index contributed by atoms with van der Waals surface area (Å²) in [7, 11) is 1.72. The zero-order chi connectivity index (χ0) is 27.0. The van der Waals surface area contributed by atoms with Crippen LogP contribution in [0.1, 0.15) is 69.0 Å². The smallest absolute Gasteiger partial charge is 0.238 e. The van der Waals surface area contributed by atoms with Crippen LogP contribution in [-0.2, 0) is 9.59 Å². The van der Waals surface area contributed by atoms with Crippen LogP contribution in [0.15, 0.2) is 42.7 Å². The Morgan fingerprint density at radius 3 is 2.61 bits per heavy atom. The first-order valence-corrected chi connectivity index (χ1v) is 13.8. The van der Waals surface area contributed by atoms with Gasteiger partial charge in [-0.2, -0.15) is 0 Å². The van der Waals surface area contributed by atoms with Crippen LogP contribution in [0.2, 0.25) is 0 Å². The Bertz CT molecular complexity index is 1350. The van der Waals surface area contributed by atoms with E-state index in [0.29, 0.717) is 6.54 Å². The molecule has 3 atom stereocenters. The van der Waals surface area contributed by atoms with Gasteiger partial charge in [0.05, 0.1) is 17.5 Å². The van der Waals surface area contributed by atoms with E-state index in [4.69, 9.17) is 5.73 Å². The number of likely N-dealkylation sites (tertiary alicyclic amines) is 1. The summed E-state index contributed by atoms with van der Waals surface area (Å²) in [6, 6.07) is 8.67. The molecule has 1 saturated heterocycles. The molecule has 38 heavy (non-hydrogen) atoms. The molecule has 2 aromatic heterocycles. The fourth-order valence-electron chi connectivity index (χ4n) is 6.70. The lowest BCUT2D eigenvalue weighted by Crippen LogP contribution is -2.63. The highest BCUT2D eigenvalue weighted by Gasteiger charge is 2.50. The number of nitrogens with one attached hydrogen (secondary N) is 1. The number of halogens is 1. The number of aromatic nitrogens is 2. The quantitative estimate of drug-likeness (QED) is 0.469. The van der Waals surface area contributed by atoms with Crippen molar-refractivity contribution in [1.82, 2.24) is 19.8 Å². The second kappa shape index (κ2) is 10.5. The van der Waals surface area contributed by atoms with Gasteiger partial charge in [0, 0.05) is 24.3 Å². The first-order chi connectivity index (χ1) is 18.2. The molecule has 0 spiro atoms. The minimum Gasteiger partial charge on any atom is -0.368 e. The lowest BCUT2D eigenvalue weighted by molar-refractivity contribution is -0.147. The average molecular weight is 520 g/mol. The Labute approximate surface area is 223 Å². The summed E-state index contributed by atoms with van der Waals surface area (Å²) in [6.45, 7) is 4.39. The molecule has 2 aliphatic rings. The average Bonchev–Trinajstić information content (AvgIpc) is 3.54. The van der Waals surface area contributed by atoms with E-state index in [2.05, 4.69) is 10.3 Å². The number of pyridine rings is 1. The van der Waals surface area contributed by atoms with Gasteiger partial charge in [-0.15, -0.1) is 0 Å². The van der Waals surface area contributed by atoms with Crippen LogP contribution in [0.5, 0.6) is 0 Å².